The van der Waals surface area contributed by atoms with Gasteiger partial charge in [0.15, 0.2) is 0 Å². The number of aliphatic hydroxyl groups excluding tert-OH is 1. The summed E-state index contributed by atoms with van der Waals surface area (Å²) in [5.74, 6) is -1.99. The van der Waals surface area contributed by atoms with Crippen molar-refractivity contribution in [1.82, 2.24) is 0 Å². The van der Waals surface area contributed by atoms with Crippen LogP contribution in [0.25, 0.3) is 11.3 Å². The molecular weight excluding hydrogens is 397 g/mol. The molecule has 0 bridgehead atoms. The molecule has 0 aliphatic heterocycles. The molecule has 2 rings (SSSR count). The fourth-order valence-corrected chi connectivity index (χ4v) is 2.52. The minimum atomic E-state index is -0.925. The van der Waals surface area contributed by atoms with Crippen LogP contribution in [0.2, 0.25) is 0 Å². The summed E-state index contributed by atoms with van der Waals surface area (Å²) in [5.41, 5.74) is -0.736. The van der Waals surface area contributed by atoms with Crippen LogP contribution in [0.5, 0.6) is 0 Å². The number of halogens is 2. The molecule has 0 unspecified atom stereocenters. The maximum absolute atomic E-state index is 13.1. The first-order chi connectivity index (χ1) is 11.8. The first-order valence-electron chi connectivity index (χ1n) is 7.15. The van der Waals surface area contributed by atoms with Crippen LogP contribution >= 0.6 is 15.9 Å². The lowest BCUT2D eigenvalue weighted by molar-refractivity contribution is -0.385. The van der Waals surface area contributed by atoms with Gasteiger partial charge in [0.25, 0.3) is 5.69 Å². The highest BCUT2D eigenvalue weighted by Gasteiger charge is 2.27. The molecule has 0 saturated carbocycles. The molecule has 0 heterocycles. The number of nitrogens with zero attached hydrogens (tertiary/aromatic N) is 1. The summed E-state index contributed by atoms with van der Waals surface area (Å²) >= 11 is 3.19. The molecular formula is C17H13BrFNO5. The summed E-state index contributed by atoms with van der Waals surface area (Å²) in [5, 5.41) is 21.8. The van der Waals surface area contributed by atoms with Crippen LogP contribution in [0.15, 0.2) is 46.9 Å². The van der Waals surface area contributed by atoms with Crippen molar-refractivity contribution >= 4 is 38.9 Å². The Bertz CT molecular complexity index is 849. The second-order valence-corrected chi connectivity index (χ2v) is 5.79. The first kappa shape index (κ1) is 18.6. The molecule has 0 amide bonds. The molecule has 0 aliphatic rings. The van der Waals surface area contributed by atoms with E-state index in [9.17, 15) is 24.4 Å². The summed E-state index contributed by atoms with van der Waals surface area (Å²) in [6, 6.07) is 8.70. The second-order valence-electron chi connectivity index (χ2n) is 4.87. The number of ether oxygens (including phenoxy) is 1. The Kier molecular flexibility index (Phi) is 5.87. The van der Waals surface area contributed by atoms with Crippen molar-refractivity contribution in [2.45, 2.75) is 6.92 Å². The molecule has 0 spiro atoms. The van der Waals surface area contributed by atoms with E-state index in [-0.39, 0.29) is 29.0 Å². The molecule has 0 aliphatic carbocycles. The largest absolute Gasteiger partial charge is 0.506 e. The van der Waals surface area contributed by atoms with E-state index in [4.69, 9.17) is 4.74 Å². The smallest absolute Gasteiger partial charge is 0.342 e. The van der Waals surface area contributed by atoms with E-state index in [1.165, 1.54) is 30.3 Å². The predicted octanol–water partition coefficient (Wildman–Crippen LogP) is 4.49. The van der Waals surface area contributed by atoms with Gasteiger partial charge in [-0.25, -0.2) is 9.18 Å². The van der Waals surface area contributed by atoms with Crippen LogP contribution in [0.4, 0.5) is 10.1 Å². The lowest BCUT2D eigenvalue weighted by Crippen LogP contribution is -2.11. The average molecular weight is 410 g/mol. The number of carbonyl (C=O) groups excluding carboxylic acids is 1. The first-order valence-corrected chi connectivity index (χ1v) is 7.95. The minimum Gasteiger partial charge on any atom is -0.506 e. The molecule has 2 aromatic rings. The highest BCUT2D eigenvalue weighted by atomic mass is 79.9. The number of aliphatic hydroxyl groups is 1. The monoisotopic (exact) mass is 409 g/mol. The maximum atomic E-state index is 13.1. The number of rotatable bonds is 5. The van der Waals surface area contributed by atoms with Gasteiger partial charge in [0.1, 0.15) is 17.1 Å². The number of nitro benzene ring substituents is 1. The van der Waals surface area contributed by atoms with Crippen molar-refractivity contribution in [1.29, 1.82) is 0 Å². The number of hydrogen-bond acceptors (Lipinski definition) is 5. The van der Waals surface area contributed by atoms with Crippen molar-refractivity contribution in [2.24, 2.45) is 0 Å². The SMILES string of the molecule is CCOC(=O)/C(=C(\O)c1ccc(F)cc1)c1cc(Br)ccc1[N+](=O)[O-]. The lowest BCUT2D eigenvalue weighted by Gasteiger charge is -2.11. The summed E-state index contributed by atoms with van der Waals surface area (Å²) in [4.78, 5) is 23.0. The summed E-state index contributed by atoms with van der Waals surface area (Å²) in [6.07, 6.45) is 0. The Labute approximate surface area is 150 Å². The van der Waals surface area contributed by atoms with Gasteiger partial charge >= 0.3 is 5.97 Å². The third kappa shape index (κ3) is 4.21. The lowest BCUT2D eigenvalue weighted by atomic mass is 9.99. The highest BCUT2D eigenvalue weighted by molar-refractivity contribution is 9.10. The van der Waals surface area contributed by atoms with Crippen LogP contribution in [-0.4, -0.2) is 22.6 Å². The van der Waals surface area contributed by atoms with Gasteiger partial charge in [-0.05, 0) is 43.3 Å². The van der Waals surface area contributed by atoms with Crippen LogP contribution in [0, 0.1) is 15.9 Å². The molecule has 1 N–H and O–H groups in total. The van der Waals surface area contributed by atoms with Gasteiger partial charge in [-0.2, -0.15) is 0 Å². The van der Waals surface area contributed by atoms with Crippen LogP contribution in [0.3, 0.4) is 0 Å². The normalized spacial score (nSPS) is 11.6. The molecule has 130 valence electrons. The fraction of sp³-hybridized carbons (Fsp3) is 0.118. The van der Waals surface area contributed by atoms with Gasteiger partial charge in [-0.1, -0.05) is 15.9 Å². The van der Waals surface area contributed by atoms with Gasteiger partial charge < -0.3 is 9.84 Å². The van der Waals surface area contributed by atoms with Crippen molar-refractivity contribution in [3.05, 3.63) is 74.0 Å². The number of benzene rings is 2. The molecule has 2 aromatic carbocycles. The van der Waals surface area contributed by atoms with E-state index in [1.807, 2.05) is 0 Å². The van der Waals surface area contributed by atoms with E-state index in [0.29, 0.717) is 4.47 Å². The van der Waals surface area contributed by atoms with Gasteiger partial charge in [0.2, 0.25) is 0 Å². The Balaban J connectivity index is 2.75. The summed E-state index contributed by atoms with van der Waals surface area (Å²) < 4.78 is 18.5. The van der Waals surface area contributed by atoms with E-state index in [2.05, 4.69) is 15.9 Å². The second kappa shape index (κ2) is 7.89. The maximum Gasteiger partial charge on any atom is 0.342 e. The third-order valence-electron chi connectivity index (χ3n) is 3.26. The highest BCUT2D eigenvalue weighted by Crippen LogP contribution is 2.34. The zero-order valence-corrected chi connectivity index (χ0v) is 14.6. The van der Waals surface area contributed by atoms with E-state index < -0.39 is 22.5 Å². The zero-order chi connectivity index (χ0) is 18.6. The summed E-state index contributed by atoms with van der Waals surface area (Å²) in [7, 11) is 0. The number of nitro groups is 1. The molecule has 0 saturated heterocycles. The Morgan fingerprint density at radius 1 is 1.28 bits per heavy atom. The fourth-order valence-electron chi connectivity index (χ4n) is 2.16. The average Bonchev–Trinajstić information content (AvgIpc) is 2.55. The van der Waals surface area contributed by atoms with Gasteiger partial charge in [-0.15, -0.1) is 0 Å². The minimum absolute atomic E-state index is 0.0147. The number of esters is 1. The van der Waals surface area contributed by atoms with Gasteiger partial charge in [0.05, 0.1) is 17.1 Å². The van der Waals surface area contributed by atoms with Gasteiger partial charge in [-0.3, -0.25) is 10.1 Å². The Hall–Kier alpha value is -2.74. The number of carbonyl (C=O) groups is 1. The van der Waals surface area contributed by atoms with E-state index in [1.54, 1.807) is 6.92 Å². The Morgan fingerprint density at radius 2 is 1.92 bits per heavy atom. The van der Waals surface area contributed by atoms with Crippen LogP contribution in [0.1, 0.15) is 18.1 Å². The van der Waals surface area contributed by atoms with Crippen molar-refractivity contribution in [2.75, 3.05) is 6.61 Å². The van der Waals surface area contributed by atoms with E-state index >= 15 is 0 Å². The zero-order valence-electron chi connectivity index (χ0n) is 13.0. The van der Waals surface area contributed by atoms with Crippen LogP contribution < -0.4 is 0 Å². The van der Waals surface area contributed by atoms with Crippen molar-refractivity contribution in [3.63, 3.8) is 0 Å². The molecule has 25 heavy (non-hydrogen) atoms. The standard InChI is InChI=1S/C17H13BrFNO5/c1-2-25-17(22)15(16(21)10-3-6-12(19)7-4-10)13-9-11(18)5-8-14(13)20(23)24/h3-9,21H,2H2,1H3/b16-15-. The van der Waals surface area contributed by atoms with Gasteiger partial charge in [0, 0.05) is 16.1 Å². The van der Waals surface area contributed by atoms with Crippen LogP contribution in [-0.2, 0) is 9.53 Å². The molecule has 6 nitrogen and oxygen atoms in total. The summed E-state index contributed by atoms with van der Waals surface area (Å²) in [6.45, 7) is 1.58. The predicted molar refractivity (Wildman–Crippen MR) is 93.3 cm³/mol. The van der Waals surface area contributed by atoms with Crippen molar-refractivity contribution in [3.8, 4) is 0 Å². The Morgan fingerprint density at radius 3 is 2.48 bits per heavy atom. The molecule has 0 atom stereocenters. The van der Waals surface area contributed by atoms with Crippen molar-refractivity contribution < 1.29 is 24.0 Å². The molecule has 0 fully saturated rings. The third-order valence-corrected chi connectivity index (χ3v) is 3.75. The number of hydrogen-bond donors (Lipinski definition) is 1. The molecule has 0 aromatic heterocycles. The van der Waals surface area contributed by atoms with E-state index in [0.717, 1.165) is 12.1 Å². The quantitative estimate of drug-likeness (QED) is 0.196. The molecule has 0 radical (unpaired) electrons. The topological polar surface area (TPSA) is 89.7 Å². The molecule has 8 heteroatoms.